The number of hydrogen-bond donors (Lipinski definition) is 3. The molecule has 3 N–H and O–H groups in total. The lowest BCUT2D eigenvalue weighted by atomic mass is 9.89. The van der Waals surface area contributed by atoms with Crippen LogP contribution in [0.5, 0.6) is 0 Å². The van der Waals surface area contributed by atoms with Gasteiger partial charge in [-0.15, -0.1) is 0 Å². The number of aliphatic carboxylic acids is 1. The van der Waals surface area contributed by atoms with Gasteiger partial charge in [-0.2, -0.15) is 0 Å². The molecule has 0 heterocycles. The minimum atomic E-state index is -0.913. The summed E-state index contributed by atoms with van der Waals surface area (Å²) in [6.45, 7) is 6.31. The van der Waals surface area contributed by atoms with E-state index >= 15 is 0 Å². The van der Waals surface area contributed by atoms with Gasteiger partial charge in [-0.25, -0.2) is 4.79 Å². The summed E-state index contributed by atoms with van der Waals surface area (Å²) >= 11 is 0. The van der Waals surface area contributed by atoms with Crippen LogP contribution in [0.25, 0.3) is 11.1 Å². The van der Waals surface area contributed by atoms with Crippen LogP contribution >= 0.6 is 0 Å². The SMILES string of the molecule is CCOC(CNC(=O)OCC1c2ccccc2-c2ccccc21)CC(=O)NCC(C)(C)CC(=O)O. The van der Waals surface area contributed by atoms with Crippen molar-refractivity contribution in [1.82, 2.24) is 10.6 Å². The van der Waals surface area contributed by atoms with Crippen LogP contribution in [0, 0.1) is 5.41 Å². The number of ether oxygens (including phenoxy) is 2. The lowest BCUT2D eigenvalue weighted by Crippen LogP contribution is -2.40. The van der Waals surface area contributed by atoms with Crippen LogP contribution in [0.2, 0.25) is 0 Å². The van der Waals surface area contributed by atoms with E-state index in [1.54, 1.807) is 13.8 Å². The maximum Gasteiger partial charge on any atom is 0.407 e. The van der Waals surface area contributed by atoms with E-state index in [-0.39, 0.29) is 44.4 Å². The van der Waals surface area contributed by atoms with Crippen molar-refractivity contribution >= 4 is 18.0 Å². The largest absolute Gasteiger partial charge is 0.481 e. The first-order chi connectivity index (χ1) is 16.7. The summed E-state index contributed by atoms with van der Waals surface area (Å²) in [4.78, 5) is 35.7. The predicted molar refractivity (Wildman–Crippen MR) is 132 cm³/mol. The van der Waals surface area contributed by atoms with Crippen LogP contribution in [-0.2, 0) is 19.1 Å². The highest BCUT2D eigenvalue weighted by Gasteiger charge is 2.29. The summed E-state index contributed by atoms with van der Waals surface area (Å²) < 4.78 is 11.1. The predicted octanol–water partition coefficient (Wildman–Crippen LogP) is 3.94. The zero-order chi connectivity index (χ0) is 25.4. The van der Waals surface area contributed by atoms with E-state index in [4.69, 9.17) is 14.6 Å². The molecule has 0 saturated carbocycles. The van der Waals surface area contributed by atoms with Gasteiger partial charge >= 0.3 is 12.1 Å². The van der Waals surface area contributed by atoms with Crippen molar-refractivity contribution in [2.24, 2.45) is 5.41 Å². The molecule has 35 heavy (non-hydrogen) atoms. The molecule has 1 unspecified atom stereocenters. The number of carboxylic acids is 1. The second-order valence-corrected chi connectivity index (χ2v) is 9.50. The summed E-state index contributed by atoms with van der Waals surface area (Å²) in [5.74, 6) is -1.21. The highest BCUT2D eigenvalue weighted by molar-refractivity contribution is 5.79. The van der Waals surface area contributed by atoms with E-state index < -0.39 is 23.6 Å². The molecule has 2 aromatic rings. The molecule has 1 atom stereocenters. The Morgan fingerprint density at radius 1 is 1.00 bits per heavy atom. The molecule has 1 aliphatic carbocycles. The van der Waals surface area contributed by atoms with Crippen LogP contribution in [-0.4, -0.2) is 55.5 Å². The average molecular weight is 483 g/mol. The number of fused-ring (bicyclic) bond motifs is 3. The van der Waals surface area contributed by atoms with Crippen molar-refractivity contribution < 1.29 is 29.0 Å². The van der Waals surface area contributed by atoms with Crippen LogP contribution in [0.1, 0.15) is 50.7 Å². The fourth-order valence-corrected chi connectivity index (χ4v) is 4.36. The van der Waals surface area contributed by atoms with Gasteiger partial charge in [0.1, 0.15) is 6.61 Å². The first-order valence-electron chi connectivity index (χ1n) is 11.9. The van der Waals surface area contributed by atoms with Crippen LogP contribution < -0.4 is 10.6 Å². The third kappa shape index (κ3) is 7.29. The molecule has 0 saturated heterocycles. The maximum atomic E-state index is 12.4. The van der Waals surface area contributed by atoms with Gasteiger partial charge in [-0.3, -0.25) is 9.59 Å². The number of carboxylic acid groups (broad SMARTS) is 1. The van der Waals surface area contributed by atoms with Crippen LogP contribution in [0.15, 0.2) is 48.5 Å². The molecule has 2 aromatic carbocycles. The minimum Gasteiger partial charge on any atom is -0.481 e. The number of hydrogen-bond acceptors (Lipinski definition) is 5. The van der Waals surface area contributed by atoms with Crippen LogP contribution in [0.4, 0.5) is 4.79 Å². The minimum absolute atomic E-state index is 0.0317. The maximum absolute atomic E-state index is 12.4. The number of carbonyl (C=O) groups is 3. The molecule has 1 aliphatic rings. The molecule has 0 bridgehead atoms. The Morgan fingerprint density at radius 2 is 1.60 bits per heavy atom. The number of rotatable bonds is 12. The van der Waals surface area contributed by atoms with Gasteiger partial charge in [-0.05, 0) is 34.6 Å². The fourth-order valence-electron chi connectivity index (χ4n) is 4.36. The molecule has 3 rings (SSSR count). The van der Waals surface area contributed by atoms with Crippen LogP contribution in [0.3, 0.4) is 0 Å². The Hall–Kier alpha value is -3.39. The van der Waals surface area contributed by atoms with Crippen molar-refractivity contribution in [3.8, 4) is 11.1 Å². The normalized spacial score (nSPS) is 13.5. The molecular formula is C27H34N2O6. The Kier molecular flexibility index (Phi) is 8.87. The number of carbonyl (C=O) groups excluding carboxylic acids is 2. The number of amides is 2. The number of benzene rings is 2. The monoisotopic (exact) mass is 482 g/mol. The smallest absolute Gasteiger partial charge is 0.407 e. The highest BCUT2D eigenvalue weighted by Crippen LogP contribution is 2.44. The van der Waals surface area contributed by atoms with Gasteiger partial charge in [-0.1, -0.05) is 62.4 Å². The number of alkyl carbamates (subject to hydrolysis) is 1. The van der Waals surface area contributed by atoms with E-state index in [2.05, 4.69) is 34.9 Å². The molecule has 0 radical (unpaired) electrons. The molecule has 2 amide bonds. The molecular weight excluding hydrogens is 448 g/mol. The zero-order valence-corrected chi connectivity index (χ0v) is 20.5. The standard InChI is InChI=1S/C27H34N2O6/c1-4-34-18(13-24(30)29-17-27(2,3)14-25(31)32)15-28-26(33)35-16-23-21-11-7-5-9-19(21)20-10-6-8-12-22(20)23/h5-12,18,23H,4,13-17H2,1-3H3,(H,28,33)(H,29,30)(H,31,32). The Bertz CT molecular complexity index is 1010. The molecule has 188 valence electrons. The average Bonchev–Trinajstić information content (AvgIpc) is 3.13. The Labute approximate surface area is 206 Å². The first kappa shape index (κ1) is 26.2. The zero-order valence-electron chi connectivity index (χ0n) is 20.5. The number of nitrogens with one attached hydrogen (secondary N) is 2. The lowest BCUT2D eigenvalue weighted by Gasteiger charge is -2.24. The fraction of sp³-hybridized carbons (Fsp3) is 0.444. The van der Waals surface area contributed by atoms with Crippen molar-refractivity contribution in [2.45, 2.75) is 45.6 Å². The molecule has 0 fully saturated rings. The van der Waals surface area contributed by atoms with Gasteiger partial charge in [0.15, 0.2) is 0 Å². The molecule has 0 aliphatic heterocycles. The van der Waals surface area contributed by atoms with E-state index in [0.717, 1.165) is 22.3 Å². The van der Waals surface area contributed by atoms with Gasteiger partial charge in [0.05, 0.1) is 18.9 Å². The first-order valence-corrected chi connectivity index (χ1v) is 11.9. The van der Waals surface area contributed by atoms with E-state index in [0.29, 0.717) is 6.61 Å². The van der Waals surface area contributed by atoms with Gasteiger partial charge in [0.2, 0.25) is 5.91 Å². The molecule has 8 nitrogen and oxygen atoms in total. The third-order valence-electron chi connectivity index (χ3n) is 6.03. The van der Waals surface area contributed by atoms with Crippen molar-refractivity contribution in [3.63, 3.8) is 0 Å². The summed E-state index contributed by atoms with van der Waals surface area (Å²) in [7, 11) is 0. The summed E-state index contributed by atoms with van der Waals surface area (Å²) in [6.07, 6.45) is -1.10. The third-order valence-corrected chi connectivity index (χ3v) is 6.03. The Morgan fingerprint density at radius 3 is 2.17 bits per heavy atom. The van der Waals surface area contributed by atoms with Gasteiger partial charge in [0, 0.05) is 25.6 Å². The Balaban J connectivity index is 1.49. The van der Waals surface area contributed by atoms with Crippen molar-refractivity contribution in [3.05, 3.63) is 59.7 Å². The second-order valence-electron chi connectivity index (χ2n) is 9.50. The highest BCUT2D eigenvalue weighted by atomic mass is 16.5. The molecule has 8 heteroatoms. The van der Waals surface area contributed by atoms with Crippen molar-refractivity contribution in [1.29, 1.82) is 0 Å². The quantitative estimate of drug-likeness (QED) is 0.422. The van der Waals surface area contributed by atoms with E-state index in [9.17, 15) is 14.4 Å². The molecule has 0 spiro atoms. The summed E-state index contributed by atoms with van der Waals surface area (Å²) in [5, 5.41) is 14.4. The van der Waals surface area contributed by atoms with E-state index in [1.807, 2.05) is 31.2 Å². The van der Waals surface area contributed by atoms with E-state index in [1.165, 1.54) is 0 Å². The summed E-state index contributed by atoms with van der Waals surface area (Å²) in [6, 6.07) is 16.2. The topological polar surface area (TPSA) is 114 Å². The summed E-state index contributed by atoms with van der Waals surface area (Å²) in [5.41, 5.74) is 4.02. The van der Waals surface area contributed by atoms with Crippen molar-refractivity contribution in [2.75, 3.05) is 26.3 Å². The van der Waals surface area contributed by atoms with Gasteiger partial charge in [0.25, 0.3) is 0 Å². The molecule has 0 aromatic heterocycles. The van der Waals surface area contributed by atoms with Gasteiger partial charge < -0.3 is 25.2 Å². The second kappa shape index (κ2) is 11.8. The lowest BCUT2D eigenvalue weighted by molar-refractivity contribution is -0.139.